The van der Waals surface area contributed by atoms with Crippen molar-refractivity contribution in [2.75, 3.05) is 13.1 Å². The summed E-state index contributed by atoms with van der Waals surface area (Å²) in [5.41, 5.74) is 0.953. The van der Waals surface area contributed by atoms with E-state index < -0.39 is 17.5 Å². The lowest BCUT2D eigenvalue weighted by Crippen LogP contribution is -2.30. The second-order valence-electron chi connectivity index (χ2n) is 7.19. The molecular formula is C21H16F2N6O2. The van der Waals surface area contributed by atoms with Gasteiger partial charge < -0.3 is 9.42 Å². The molecule has 3 heterocycles. The van der Waals surface area contributed by atoms with Gasteiger partial charge in [-0.15, -0.1) is 5.10 Å². The lowest BCUT2D eigenvalue weighted by molar-refractivity contribution is 0.0781. The van der Waals surface area contributed by atoms with E-state index in [9.17, 15) is 13.6 Å². The number of likely N-dealkylation sites (tertiary alicyclic amines) is 1. The molecule has 2 aromatic carbocycles. The Morgan fingerprint density at radius 2 is 1.97 bits per heavy atom. The maximum atomic E-state index is 13.9. The molecule has 10 heteroatoms. The molecule has 1 saturated heterocycles. The van der Waals surface area contributed by atoms with E-state index in [4.69, 9.17) is 4.52 Å². The Morgan fingerprint density at radius 3 is 2.81 bits per heavy atom. The van der Waals surface area contributed by atoms with Crippen molar-refractivity contribution in [1.29, 1.82) is 0 Å². The number of hydrogen-bond donors (Lipinski definition) is 0. The van der Waals surface area contributed by atoms with E-state index in [0.717, 1.165) is 23.8 Å². The van der Waals surface area contributed by atoms with Crippen LogP contribution >= 0.6 is 0 Å². The number of hydrogen-bond acceptors (Lipinski definition) is 6. The van der Waals surface area contributed by atoms with Crippen LogP contribution in [0.5, 0.6) is 0 Å². The van der Waals surface area contributed by atoms with Gasteiger partial charge in [-0.2, -0.15) is 4.98 Å². The highest BCUT2D eigenvalue weighted by Crippen LogP contribution is 2.26. The van der Waals surface area contributed by atoms with E-state index in [1.165, 1.54) is 4.90 Å². The molecule has 0 bridgehead atoms. The molecule has 1 aliphatic heterocycles. The van der Waals surface area contributed by atoms with Crippen LogP contribution in [0.15, 0.2) is 59.3 Å². The van der Waals surface area contributed by atoms with Gasteiger partial charge in [0, 0.05) is 18.7 Å². The molecule has 1 amide bonds. The Kier molecular flexibility index (Phi) is 4.73. The average Bonchev–Trinajstić information content (AvgIpc) is 3.55. The Labute approximate surface area is 175 Å². The van der Waals surface area contributed by atoms with Gasteiger partial charge in [0.2, 0.25) is 5.82 Å². The maximum Gasteiger partial charge on any atom is 0.280 e. The zero-order chi connectivity index (χ0) is 21.4. The largest absolute Gasteiger partial charge is 0.336 e. The van der Waals surface area contributed by atoms with Crippen molar-refractivity contribution in [3.63, 3.8) is 0 Å². The zero-order valence-corrected chi connectivity index (χ0v) is 16.2. The summed E-state index contributed by atoms with van der Waals surface area (Å²) in [5, 5.41) is 12.2. The molecule has 1 fully saturated rings. The van der Waals surface area contributed by atoms with E-state index in [1.807, 2.05) is 30.3 Å². The summed E-state index contributed by atoms with van der Waals surface area (Å²) in [5.74, 6) is -1.28. The molecule has 156 valence electrons. The molecule has 2 aromatic heterocycles. The second kappa shape index (κ2) is 7.71. The summed E-state index contributed by atoms with van der Waals surface area (Å²) in [6, 6.07) is 12.1. The van der Waals surface area contributed by atoms with Gasteiger partial charge in [-0.05, 0) is 24.6 Å². The lowest BCUT2D eigenvalue weighted by Gasteiger charge is -2.17. The monoisotopic (exact) mass is 422 g/mol. The van der Waals surface area contributed by atoms with Crippen molar-refractivity contribution in [2.24, 2.45) is 0 Å². The highest BCUT2D eigenvalue weighted by molar-refractivity contribution is 5.94. The van der Waals surface area contributed by atoms with Crippen LogP contribution in [0, 0.1) is 11.6 Å². The number of rotatable bonds is 4. The fourth-order valence-corrected chi connectivity index (χ4v) is 3.56. The molecule has 5 rings (SSSR count). The second-order valence-corrected chi connectivity index (χ2v) is 7.19. The van der Waals surface area contributed by atoms with Crippen molar-refractivity contribution in [3.8, 4) is 23.0 Å². The standard InChI is InChI=1S/C21H16F2N6O2/c22-14-6-7-17(23)16(10-14)21(30)28-9-8-15(11-28)29-12-18(25-27-29)20-24-19(26-31-20)13-4-2-1-3-5-13/h1-7,10,12,15H,8-9,11H2. The molecule has 0 N–H and O–H groups in total. The van der Waals surface area contributed by atoms with Crippen molar-refractivity contribution < 1.29 is 18.1 Å². The highest BCUT2D eigenvalue weighted by Gasteiger charge is 2.30. The first-order chi connectivity index (χ1) is 15.1. The minimum absolute atomic E-state index is 0.154. The quantitative estimate of drug-likeness (QED) is 0.501. The van der Waals surface area contributed by atoms with E-state index in [1.54, 1.807) is 10.9 Å². The molecule has 1 atom stereocenters. The number of aromatic nitrogens is 5. The van der Waals surface area contributed by atoms with Gasteiger partial charge >= 0.3 is 0 Å². The Bertz CT molecular complexity index is 1240. The molecule has 1 unspecified atom stereocenters. The zero-order valence-electron chi connectivity index (χ0n) is 16.2. The van der Waals surface area contributed by atoms with Crippen LogP contribution < -0.4 is 0 Å². The summed E-state index contributed by atoms with van der Waals surface area (Å²) >= 11 is 0. The number of halogens is 2. The van der Waals surface area contributed by atoms with Gasteiger partial charge in [0.1, 0.15) is 11.6 Å². The SMILES string of the molecule is O=C(c1cc(F)ccc1F)N1CCC(n2cc(-c3nc(-c4ccccc4)no3)nn2)C1. The summed E-state index contributed by atoms with van der Waals surface area (Å²) in [6.07, 6.45) is 2.27. The van der Waals surface area contributed by atoms with Crippen molar-refractivity contribution in [2.45, 2.75) is 12.5 Å². The van der Waals surface area contributed by atoms with Gasteiger partial charge in [-0.3, -0.25) is 4.79 Å². The third-order valence-corrected chi connectivity index (χ3v) is 5.17. The Morgan fingerprint density at radius 1 is 1.13 bits per heavy atom. The third-order valence-electron chi connectivity index (χ3n) is 5.17. The van der Waals surface area contributed by atoms with Gasteiger partial charge in [0.25, 0.3) is 11.8 Å². The van der Waals surface area contributed by atoms with E-state index in [-0.39, 0.29) is 17.5 Å². The first-order valence-electron chi connectivity index (χ1n) is 9.64. The average molecular weight is 422 g/mol. The van der Waals surface area contributed by atoms with Crippen LogP contribution in [0.1, 0.15) is 22.8 Å². The third kappa shape index (κ3) is 3.67. The van der Waals surface area contributed by atoms with E-state index in [2.05, 4.69) is 20.5 Å². The number of benzene rings is 2. The molecule has 0 aliphatic carbocycles. The Balaban J connectivity index is 1.30. The van der Waals surface area contributed by atoms with Gasteiger partial charge in [0.05, 0.1) is 17.8 Å². The fraction of sp³-hybridized carbons (Fsp3) is 0.190. The molecule has 8 nitrogen and oxygen atoms in total. The summed E-state index contributed by atoms with van der Waals surface area (Å²) < 4.78 is 34.3. The van der Waals surface area contributed by atoms with E-state index >= 15 is 0 Å². The topological polar surface area (TPSA) is 89.9 Å². The summed E-state index contributed by atoms with van der Waals surface area (Å²) in [4.78, 5) is 18.4. The van der Waals surface area contributed by atoms with Crippen LogP contribution in [0.3, 0.4) is 0 Å². The minimum Gasteiger partial charge on any atom is -0.336 e. The van der Waals surface area contributed by atoms with Crippen LogP contribution in [0.25, 0.3) is 23.0 Å². The maximum absolute atomic E-state index is 13.9. The normalized spacial score (nSPS) is 16.1. The van der Waals surface area contributed by atoms with Crippen LogP contribution in [-0.4, -0.2) is 49.0 Å². The fourth-order valence-electron chi connectivity index (χ4n) is 3.56. The predicted molar refractivity (Wildman–Crippen MR) is 105 cm³/mol. The minimum atomic E-state index is -0.747. The Hall–Kier alpha value is -3.95. The first kappa shape index (κ1) is 19.0. The molecule has 0 saturated carbocycles. The smallest absolute Gasteiger partial charge is 0.280 e. The van der Waals surface area contributed by atoms with Gasteiger partial charge in [-0.1, -0.05) is 40.7 Å². The predicted octanol–water partition coefficient (Wildman–Crippen LogP) is 3.36. The van der Waals surface area contributed by atoms with Gasteiger partial charge in [0.15, 0.2) is 5.69 Å². The molecule has 1 aliphatic rings. The number of nitrogens with zero attached hydrogens (tertiary/aromatic N) is 6. The number of amides is 1. The van der Waals surface area contributed by atoms with Gasteiger partial charge in [-0.25, -0.2) is 13.5 Å². The number of carbonyl (C=O) groups is 1. The molecule has 0 spiro atoms. The van der Waals surface area contributed by atoms with Crippen LogP contribution in [0.4, 0.5) is 8.78 Å². The lowest BCUT2D eigenvalue weighted by atomic mass is 10.2. The molecular weight excluding hydrogens is 406 g/mol. The van der Waals surface area contributed by atoms with Crippen molar-refractivity contribution in [3.05, 3.63) is 71.9 Å². The van der Waals surface area contributed by atoms with Crippen LogP contribution in [-0.2, 0) is 0 Å². The molecule has 4 aromatic rings. The van der Waals surface area contributed by atoms with Crippen molar-refractivity contribution >= 4 is 5.91 Å². The van der Waals surface area contributed by atoms with Crippen molar-refractivity contribution in [1.82, 2.24) is 30.0 Å². The van der Waals surface area contributed by atoms with Crippen LogP contribution in [0.2, 0.25) is 0 Å². The number of carbonyl (C=O) groups excluding carboxylic acids is 1. The van der Waals surface area contributed by atoms with E-state index in [0.29, 0.717) is 31.0 Å². The summed E-state index contributed by atoms with van der Waals surface area (Å²) in [7, 11) is 0. The highest BCUT2D eigenvalue weighted by atomic mass is 19.1. The first-order valence-corrected chi connectivity index (χ1v) is 9.64. The summed E-state index contributed by atoms with van der Waals surface area (Å²) in [6.45, 7) is 0.698. The molecule has 0 radical (unpaired) electrons. The molecule has 31 heavy (non-hydrogen) atoms.